The average Bonchev–Trinajstić information content (AvgIpc) is 2.72. The minimum absolute atomic E-state index is 0.273. The van der Waals surface area contributed by atoms with E-state index in [2.05, 4.69) is 10.1 Å². The SMILES string of the molecule is O=c1nc2n(c3ccccc13)CCC2=NO. The predicted octanol–water partition coefficient (Wildman–Crippen LogP) is 0.979. The molecule has 80 valence electrons. The number of fused-ring (bicyclic) bond motifs is 3. The smallest absolute Gasteiger partial charge is 0.281 e. The second-order valence-corrected chi connectivity index (χ2v) is 3.71. The van der Waals surface area contributed by atoms with E-state index in [1.807, 2.05) is 22.8 Å². The van der Waals surface area contributed by atoms with E-state index in [0.29, 0.717) is 29.9 Å². The minimum atomic E-state index is -0.273. The predicted molar refractivity (Wildman–Crippen MR) is 58.9 cm³/mol. The lowest BCUT2D eigenvalue weighted by Gasteiger charge is -2.06. The van der Waals surface area contributed by atoms with Gasteiger partial charge in [-0.2, -0.15) is 4.98 Å². The lowest BCUT2D eigenvalue weighted by Crippen LogP contribution is -2.16. The first-order valence-electron chi connectivity index (χ1n) is 5.02. The van der Waals surface area contributed by atoms with Crippen LogP contribution >= 0.6 is 0 Å². The van der Waals surface area contributed by atoms with Gasteiger partial charge in [-0.05, 0) is 12.1 Å². The van der Waals surface area contributed by atoms with Gasteiger partial charge in [-0.3, -0.25) is 4.79 Å². The van der Waals surface area contributed by atoms with Crippen molar-refractivity contribution >= 4 is 16.6 Å². The molecule has 0 saturated carbocycles. The Balaban J connectivity index is 2.48. The van der Waals surface area contributed by atoms with E-state index >= 15 is 0 Å². The van der Waals surface area contributed by atoms with Crippen LogP contribution in [0.4, 0.5) is 0 Å². The molecule has 2 heterocycles. The van der Waals surface area contributed by atoms with Gasteiger partial charge in [0.2, 0.25) is 0 Å². The Morgan fingerprint density at radius 3 is 3.00 bits per heavy atom. The van der Waals surface area contributed by atoms with Crippen LogP contribution in [0.3, 0.4) is 0 Å². The maximum absolute atomic E-state index is 11.7. The Morgan fingerprint density at radius 1 is 1.38 bits per heavy atom. The third-order valence-electron chi connectivity index (χ3n) is 2.84. The van der Waals surface area contributed by atoms with Crippen LogP contribution in [0, 0.1) is 0 Å². The number of para-hydroxylation sites is 1. The van der Waals surface area contributed by atoms with E-state index in [9.17, 15) is 4.79 Å². The number of oxime groups is 1. The Hall–Kier alpha value is -2.17. The van der Waals surface area contributed by atoms with Gasteiger partial charge in [0, 0.05) is 13.0 Å². The number of hydrogen-bond donors (Lipinski definition) is 1. The van der Waals surface area contributed by atoms with Gasteiger partial charge >= 0.3 is 0 Å². The van der Waals surface area contributed by atoms with Crippen LogP contribution in [0.5, 0.6) is 0 Å². The molecular weight excluding hydrogens is 206 g/mol. The largest absolute Gasteiger partial charge is 0.411 e. The molecule has 5 nitrogen and oxygen atoms in total. The van der Waals surface area contributed by atoms with Gasteiger partial charge in [0.05, 0.1) is 10.9 Å². The van der Waals surface area contributed by atoms with Crippen LogP contribution in [-0.2, 0) is 6.54 Å². The second-order valence-electron chi connectivity index (χ2n) is 3.71. The third kappa shape index (κ3) is 1.08. The molecule has 3 rings (SSSR count). The molecular formula is C11H9N3O2. The molecule has 1 aromatic carbocycles. The van der Waals surface area contributed by atoms with Gasteiger partial charge in [0.1, 0.15) is 5.71 Å². The third-order valence-corrected chi connectivity index (χ3v) is 2.84. The minimum Gasteiger partial charge on any atom is -0.411 e. The summed E-state index contributed by atoms with van der Waals surface area (Å²) in [4.78, 5) is 15.7. The molecule has 5 heteroatoms. The number of hydrogen-bond acceptors (Lipinski definition) is 4. The fourth-order valence-electron chi connectivity index (χ4n) is 2.09. The molecule has 0 spiro atoms. The summed E-state index contributed by atoms with van der Waals surface area (Å²) in [5, 5.41) is 12.6. The molecule has 0 aliphatic carbocycles. The molecule has 1 aliphatic rings. The fourth-order valence-corrected chi connectivity index (χ4v) is 2.09. The average molecular weight is 215 g/mol. The molecule has 0 amide bonds. The van der Waals surface area contributed by atoms with Gasteiger partial charge < -0.3 is 9.77 Å². The first kappa shape index (κ1) is 9.08. The van der Waals surface area contributed by atoms with E-state index in [1.54, 1.807) is 6.07 Å². The number of aromatic nitrogens is 2. The Labute approximate surface area is 90.7 Å². The van der Waals surface area contributed by atoms with Crippen molar-refractivity contribution in [3.63, 3.8) is 0 Å². The summed E-state index contributed by atoms with van der Waals surface area (Å²) >= 11 is 0. The van der Waals surface area contributed by atoms with Crippen molar-refractivity contribution in [3.05, 3.63) is 40.4 Å². The lowest BCUT2D eigenvalue weighted by molar-refractivity contribution is 0.318. The van der Waals surface area contributed by atoms with Crippen LogP contribution in [0.2, 0.25) is 0 Å². The van der Waals surface area contributed by atoms with Crippen LogP contribution in [-0.4, -0.2) is 20.5 Å². The van der Waals surface area contributed by atoms with Crippen molar-refractivity contribution in [2.45, 2.75) is 13.0 Å². The molecule has 16 heavy (non-hydrogen) atoms. The van der Waals surface area contributed by atoms with E-state index in [1.165, 1.54) is 0 Å². The van der Waals surface area contributed by atoms with E-state index in [4.69, 9.17) is 5.21 Å². The monoisotopic (exact) mass is 215 g/mol. The van der Waals surface area contributed by atoms with Crippen LogP contribution < -0.4 is 5.56 Å². The highest BCUT2D eigenvalue weighted by Gasteiger charge is 2.21. The fraction of sp³-hybridized carbons (Fsp3) is 0.182. The van der Waals surface area contributed by atoms with Crippen LogP contribution in [0.1, 0.15) is 12.2 Å². The van der Waals surface area contributed by atoms with Gasteiger partial charge in [-0.25, -0.2) is 0 Å². The zero-order valence-electron chi connectivity index (χ0n) is 8.42. The molecule has 0 radical (unpaired) electrons. The summed E-state index contributed by atoms with van der Waals surface area (Å²) in [7, 11) is 0. The van der Waals surface area contributed by atoms with Crippen molar-refractivity contribution in [3.8, 4) is 0 Å². The first-order valence-corrected chi connectivity index (χ1v) is 5.02. The molecule has 1 aliphatic heterocycles. The molecule has 0 fully saturated rings. The van der Waals surface area contributed by atoms with Crippen molar-refractivity contribution in [1.82, 2.24) is 9.55 Å². The van der Waals surface area contributed by atoms with Crippen molar-refractivity contribution in [2.75, 3.05) is 0 Å². The molecule has 2 aromatic rings. The zero-order valence-corrected chi connectivity index (χ0v) is 8.42. The summed E-state index contributed by atoms with van der Waals surface area (Å²) in [6, 6.07) is 7.33. The highest BCUT2D eigenvalue weighted by molar-refractivity contribution is 6.00. The van der Waals surface area contributed by atoms with Crippen LogP contribution in [0.15, 0.2) is 34.2 Å². The normalized spacial score (nSPS) is 16.9. The van der Waals surface area contributed by atoms with Gasteiger partial charge in [0.15, 0.2) is 5.82 Å². The highest BCUT2D eigenvalue weighted by Crippen LogP contribution is 2.18. The van der Waals surface area contributed by atoms with Crippen molar-refractivity contribution in [2.24, 2.45) is 5.16 Å². The first-order chi connectivity index (χ1) is 7.81. The van der Waals surface area contributed by atoms with E-state index in [0.717, 1.165) is 5.52 Å². The van der Waals surface area contributed by atoms with Crippen molar-refractivity contribution in [1.29, 1.82) is 0 Å². The van der Waals surface area contributed by atoms with Crippen molar-refractivity contribution < 1.29 is 5.21 Å². The summed E-state index contributed by atoms with van der Waals surface area (Å²) in [6.45, 7) is 0.697. The molecule has 1 aromatic heterocycles. The molecule has 0 atom stereocenters. The molecule has 0 bridgehead atoms. The standard InChI is InChI=1S/C11H9N3O2/c15-11-7-3-1-2-4-9(7)14-6-5-8(13-16)10(14)12-11/h1-4,16H,5-6H2. The molecule has 0 unspecified atom stereocenters. The molecule has 1 N–H and O–H groups in total. The van der Waals surface area contributed by atoms with Crippen LogP contribution in [0.25, 0.3) is 10.9 Å². The number of aryl methyl sites for hydroxylation is 1. The second kappa shape index (κ2) is 3.16. The summed E-state index contributed by atoms with van der Waals surface area (Å²) < 4.78 is 1.91. The van der Waals surface area contributed by atoms with E-state index < -0.39 is 0 Å². The Kier molecular flexibility index (Phi) is 1.80. The maximum Gasteiger partial charge on any atom is 0.281 e. The lowest BCUT2D eigenvalue weighted by atomic mass is 10.2. The highest BCUT2D eigenvalue weighted by atomic mass is 16.4. The van der Waals surface area contributed by atoms with E-state index in [-0.39, 0.29) is 5.56 Å². The van der Waals surface area contributed by atoms with Gasteiger partial charge in [-0.1, -0.05) is 17.3 Å². The Morgan fingerprint density at radius 2 is 2.19 bits per heavy atom. The topological polar surface area (TPSA) is 67.5 Å². The van der Waals surface area contributed by atoms with Gasteiger partial charge in [0.25, 0.3) is 5.56 Å². The maximum atomic E-state index is 11.7. The quantitative estimate of drug-likeness (QED) is 0.526. The number of benzene rings is 1. The Bertz CT molecular complexity index is 658. The summed E-state index contributed by atoms with van der Waals surface area (Å²) in [5.74, 6) is 0.478. The summed E-state index contributed by atoms with van der Waals surface area (Å²) in [6.07, 6.45) is 0.608. The number of rotatable bonds is 0. The summed E-state index contributed by atoms with van der Waals surface area (Å²) in [5.41, 5.74) is 1.05. The number of nitrogens with zero attached hydrogens (tertiary/aromatic N) is 3. The zero-order chi connectivity index (χ0) is 11.1. The molecule has 0 saturated heterocycles. The van der Waals surface area contributed by atoms with Gasteiger partial charge in [-0.15, -0.1) is 0 Å².